The molecule has 208 valence electrons. The van der Waals surface area contributed by atoms with Gasteiger partial charge in [-0.1, -0.05) is 66.6 Å². The lowest BCUT2D eigenvalue weighted by Gasteiger charge is -2.44. The molecule has 8 heteroatoms. The van der Waals surface area contributed by atoms with Gasteiger partial charge in [0.15, 0.2) is 0 Å². The Morgan fingerprint density at radius 3 is 2.05 bits per heavy atom. The molecule has 2 atom stereocenters. The van der Waals surface area contributed by atoms with Gasteiger partial charge in [0.2, 0.25) is 11.8 Å². The van der Waals surface area contributed by atoms with Gasteiger partial charge in [0.25, 0.3) is 0 Å². The van der Waals surface area contributed by atoms with E-state index < -0.39 is 35.2 Å². The second-order valence-corrected chi connectivity index (χ2v) is 11.6. The monoisotopic (exact) mass is 541 g/mol. The number of ether oxygens (including phenoxy) is 1. The summed E-state index contributed by atoms with van der Waals surface area (Å²) in [6, 6.07) is 13.6. The molecular formula is C30H43N3O4S. The molecule has 38 heavy (non-hydrogen) atoms. The minimum Gasteiger partial charge on any atom is -0.444 e. The molecule has 0 aliphatic carbocycles. The van der Waals surface area contributed by atoms with E-state index in [2.05, 4.69) is 23.3 Å². The maximum atomic E-state index is 14.2. The van der Waals surface area contributed by atoms with Crippen LogP contribution in [0.1, 0.15) is 76.3 Å². The summed E-state index contributed by atoms with van der Waals surface area (Å²) >= 11 is 4.37. The molecule has 2 rings (SSSR count). The first-order valence-corrected chi connectivity index (χ1v) is 13.6. The van der Waals surface area contributed by atoms with Gasteiger partial charge in [-0.05, 0) is 66.0 Å². The lowest BCUT2D eigenvalue weighted by Crippen LogP contribution is -2.59. The zero-order valence-electron chi connectivity index (χ0n) is 23.9. The number of hydrogen-bond donors (Lipinski definition) is 3. The van der Waals surface area contributed by atoms with Gasteiger partial charge in [-0.25, -0.2) is 4.79 Å². The fraction of sp³-hybridized carbons (Fsp3) is 0.500. The molecule has 0 aromatic heterocycles. The van der Waals surface area contributed by atoms with Crippen molar-refractivity contribution >= 4 is 30.5 Å². The quantitative estimate of drug-likeness (QED) is 0.347. The van der Waals surface area contributed by atoms with Gasteiger partial charge in [-0.15, -0.1) is 0 Å². The van der Waals surface area contributed by atoms with Crippen LogP contribution in [0.4, 0.5) is 4.79 Å². The summed E-state index contributed by atoms with van der Waals surface area (Å²) in [6.07, 6.45) is -0.131. The molecule has 0 bridgehead atoms. The summed E-state index contributed by atoms with van der Waals surface area (Å²) in [4.78, 5) is 42.3. The SMILES string of the molecule is CCC(C)(C)N(C(=O)C(CS)NC(=O)OC(C)(C)C)C(C(=O)NCc1ccccc1)c1cc(C)cc(C)c1. The molecule has 0 fully saturated rings. The first-order chi connectivity index (χ1) is 17.7. The highest BCUT2D eigenvalue weighted by molar-refractivity contribution is 7.80. The van der Waals surface area contributed by atoms with E-state index in [1.807, 2.05) is 83.1 Å². The molecule has 3 amide bonds. The van der Waals surface area contributed by atoms with Crippen molar-refractivity contribution in [1.82, 2.24) is 15.5 Å². The number of alkyl carbamates (subject to hydrolysis) is 1. The third-order valence-electron chi connectivity index (χ3n) is 6.30. The highest BCUT2D eigenvalue weighted by atomic mass is 32.1. The van der Waals surface area contributed by atoms with E-state index >= 15 is 0 Å². The zero-order valence-corrected chi connectivity index (χ0v) is 24.8. The van der Waals surface area contributed by atoms with Crippen molar-refractivity contribution in [2.75, 3.05) is 5.75 Å². The van der Waals surface area contributed by atoms with Crippen molar-refractivity contribution in [3.05, 3.63) is 70.8 Å². The van der Waals surface area contributed by atoms with E-state index in [4.69, 9.17) is 4.74 Å². The number of amides is 3. The van der Waals surface area contributed by atoms with Gasteiger partial charge in [0, 0.05) is 17.8 Å². The third-order valence-corrected chi connectivity index (χ3v) is 6.67. The molecule has 7 nitrogen and oxygen atoms in total. The first-order valence-electron chi connectivity index (χ1n) is 13.0. The molecule has 0 aliphatic heterocycles. The van der Waals surface area contributed by atoms with E-state index in [0.717, 1.165) is 16.7 Å². The van der Waals surface area contributed by atoms with Crippen molar-refractivity contribution < 1.29 is 19.1 Å². The second-order valence-electron chi connectivity index (χ2n) is 11.3. The third kappa shape index (κ3) is 8.79. The minimum atomic E-state index is -0.991. The van der Waals surface area contributed by atoms with Crippen molar-refractivity contribution in [2.24, 2.45) is 0 Å². The van der Waals surface area contributed by atoms with Gasteiger partial charge < -0.3 is 20.3 Å². The Hall–Kier alpha value is -3.00. The van der Waals surface area contributed by atoms with Crippen LogP contribution in [0.2, 0.25) is 0 Å². The Kier molecular flexibility index (Phi) is 10.8. The summed E-state index contributed by atoms with van der Waals surface area (Å²) in [5.74, 6) is -0.667. The number of carbonyl (C=O) groups is 3. The predicted octanol–water partition coefficient (Wildman–Crippen LogP) is 5.50. The second kappa shape index (κ2) is 13.2. The molecule has 0 aliphatic rings. The average Bonchev–Trinajstić information content (AvgIpc) is 2.82. The van der Waals surface area contributed by atoms with Crippen molar-refractivity contribution in [3.63, 3.8) is 0 Å². The first kappa shape index (κ1) is 31.2. The molecule has 2 unspecified atom stereocenters. The average molecular weight is 542 g/mol. The normalized spacial score (nSPS) is 13.3. The summed E-state index contributed by atoms with van der Waals surface area (Å²) < 4.78 is 5.39. The Bertz CT molecular complexity index is 1090. The molecule has 0 radical (unpaired) electrons. The summed E-state index contributed by atoms with van der Waals surface area (Å²) in [5, 5.41) is 5.70. The molecule has 2 aromatic carbocycles. The van der Waals surface area contributed by atoms with Crippen LogP contribution in [0.15, 0.2) is 48.5 Å². The highest BCUT2D eigenvalue weighted by Gasteiger charge is 2.43. The summed E-state index contributed by atoms with van der Waals surface area (Å²) in [6.45, 7) is 15.3. The van der Waals surface area contributed by atoms with Gasteiger partial charge in [0.1, 0.15) is 17.7 Å². The molecule has 2 aromatic rings. The lowest BCUT2D eigenvalue weighted by atomic mass is 9.91. The van der Waals surface area contributed by atoms with Crippen LogP contribution in [-0.2, 0) is 20.9 Å². The fourth-order valence-electron chi connectivity index (χ4n) is 4.22. The standard InChI is InChI=1S/C30H43N3O4S/c1-9-30(7,8)33(27(35)24(19-38)32-28(36)37-29(4,5)6)25(23-16-20(2)15-21(3)17-23)26(34)31-18-22-13-11-10-12-14-22/h10-17,24-25,38H,9,18-19H2,1-8H3,(H,31,34)(H,32,36). The van der Waals surface area contributed by atoms with Gasteiger partial charge >= 0.3 is 6.09 Å². The molecule has 0 saturated heterocycles. The maximum absolute atomic E-state index is 14.2. The van der Waals surface area contributed by atoms with E-state index in [-0.39, 0.29) is 11.7 Å². The van der Waals surface area contributed by atoms with Crippen LogP contribution >= 0.6 is 12.6 Å². The lowest BCUT2D eigenvalue weighted by molar-refractivity contribution is -0.149. The van der Waals surface area contributed by atoms with Crippen LogP contribution in [0.3, 0.4) is 0 Å². The van der Waals surface area contributed by atoms with Crippen LogP contribution < -0.4 is 10.6 Å². The zero-order chi connectivity index (χ0) is 28.7. The van der Waals surface area contributed by atoms with Crippen LogP contribution in [0.25, 0.3) is 0 Å². The van der Waals surface area contributed by atoms with Crippen LogP contribution in [0.5, 0.6) is 0 Å². The summed E-state index contributed by atoms with van der Waals surface area (Å²) in [7, 11) is 0. The number of benzene rings is 2. The molecule has 2 N–H and O–H groups in total. The molecule has 0 heterocycles. The van der Waals surface area contributed by atoms with Crippen molar-refractivity contribution in [2.45, 2.75) is 91.6 Å². The number of aryl methyl sites for hydroxylation is 2. The fourth-order valence-corrected chi connectivity index (χ4v) is 4.46. The van der Waals surface area contributed by atoms with E-state index in [1.165, 1.54) is 0 Å². The minimum absolute atomic E-state index is 0.0412. The Morgan fingerprint density at radius 2 is 1.55 bits per heavy atom. The topological polar surface area (TPSA) is 87.7 Å². The molecule has 0 spiro atoms. The van der Waals surface area contributed by atoms with E-state index in [9.17, 15) is 14.4 Å². The van der Waals surface area contributed by atoms with E-state index in [1.54, 1.807) is 25.7 Å². The smallest absolute Gasteiger partial charge is 0.408 e. The predicted molar refractivity (Wildman–Crippen MR) is 155 cm³/mol. The summed E-state index contributed by atoms with van der Waals surface area (Å²) in [5.41, 5.74) is 2.18. The van der Waals surface area contributed by atoms with E-state index in [0.29, 0.717) is 18.5 Å². The number of nitrogens with one attached hydrogen (secondary N) is 2. The number of hydrogen-bond acceptors (Lipinski definition) is 5. The molecular weight excluding hydrogens is 498 g/mol. The number of thiol groups is 1. The Balaban J connectivity index is 2.55. The maximum Gasteiger partial charge on any atom is 0.408 e. The number of rotatable bonds is 10. The molecule has 0 saturated carbocycles. The Labute approximate surface area is 233 Å². The van der Waals surface area contributed by atoms with Gasteiger partial charge in [0.05, 0.1) is 0 Å². The number of nitrogens with zero attached hydrogens (tertiary/aromatic N) is 1. The van der Waals surface area contributed by atoms with Gasteiger partial charge in [-0.2, -0.15) is 12.6 Å². The van der Waals surface area contributed by atoms with Gasteiger partial charge in [-0.3, -0.25) is 9.59 Å². The Morgan fingerprint density at radius 1 is 0.974 bits per heavy atom. The number of carbonyl (C=O) groups excluding carboxylic acids is 3. The van der Waals surface area contributed by atoms with Crippen molar-refractivity contribution in [1.29, 1.82) is 0 Å². The highest BCUT2D eigenvalue weighted by Crippen LogP contribution is 2.33. The van der Waals surface area contributed by atoms with Crippen molar-refractivity contribution in [3.8, 4) is 0 Å². The largest absolute Gasteiger partial charge is 0.444 e. The van der Waals surface area contributed by atoms with Crippen LogP contribution in [0, 0.1) is 13.8 Å². The van der Waals surface area contributed by atoms with Crippen LogP contribution in [-0.4, -0.2) is 45.7 Å².